The van der Waals surface area contributed by atoms with Gasteiger partial charge in [0.15, 0.2) is 0 Å². The molecule has 0 aliphatic heterocycles. The van der Waals surface area contributed by atoms with E-state index in [0.717, 1.165) is 43.1 Å². The topological polar surface area (TPSA) is 36.9 Å². The molecular weight excluding hydrogens is 400 g/mol. The van der Waals surface area contributed by atoms with Gasteiger partial charge in [-0.15, -0.1) is 0 Å². The molecule has 1 aliphatic rings. The van der Waals surface area contributed by atoms with E-state index in [1.54, 1.807) is 14.2 Å². The summed E-state index contributed by atoms with van der Waals surface area (Å²) in [4.78, 5) is 0. The summed E-state index contributed by atoms with van der Waals surface area (Å²) >= 11 is 0. The van der Waals surface area contributed by atoms with Crippen molar-refractivity contribution in [2.24, 2.45) is 5.92 Å². The molecule has 1 aliphatic carbocycles. The van der Waals surface area contributed by atoms with Gasteiger partial charge in [0.05, 0.1) is 40.6 Å². The second kappa shape index (κ2) is 13.1. The molecule has 0 fully saturated rings. The summed E-state index contributed by atoms with van der Waals surface area (Å²) in [6.45, 7) is 4.93. The van der Waals surface area contributed by atoms with Crippen LogP contribution in [0.2, 0.25) is 0 Å². The van der Waals surface area contributed by atoms with Crippen molar-refractivity contribution < 1.29 is 18.9 Å². The Labute approximate surface area is 192 Å². The zero-order valence-corrected chi connectivity index (χ0v) is 19.6. The van der Waals surface area contributed by atoms with E-state index in [4.69, 9.17) is 18.9 Å². The smallest absolute Gasteiger partial charge is 0.118 e. The highest BCUT2D eigenvalue weighted by Crippen LogP contribution is 2.31. The SMILES string of the molecule is COc1ccc(COCC/C=C(/CCOCc2ccc(OC)cc2)C2C=C(C)CC2)cc1. The van der Waals surface area contributed by atoms with Crippen molar-refractivity contribution in [1.29, 1.82) is 0 Å². The molecule has 0 saturated heterocycles. The maximum atomic E-state index is 5.97. The molecule has 0 radical (unpaired) electrons. The summed E-state index contributed by atoms with van der Waals surface area (Å²) in [6.07, 6.45) is 9.08. The lowest BCUT2D eigenvalue weighted by Gasteiger charge is -2.14. The predicted molar refractivity (Wildman–Crippen MR) is 129 cm³/mol. The predicted octanol–water partition coefficient (Wildman–Crippen LogP) is 6.50. The Morgan fingerprint density at radius 1 is 0.844 bits per heavy atom. The van der Waals surface area contributed by atoms with Gasteiger partial charge >= 0.3 is 0 Å². The first kappa shape index (κ1) is 24.1. The van der Waals surface area contributed by atoms with Crippen molar-refractivity contribution in [3.05, 3.63) is 83.0 Å². The number of benzene rings is 2. The Bertz CT molecular complexity index is 865. The summed E-state index contributed by atoms with van der Waals surface area (Å²) in [5, 5.41) is 0. The van der Waals surface area contributed by atoms with Crippen LogP contribution in [-0.2, 0) is 22.7 Å². The zero-order chi connectivity index (χ0) is 22.6. The molecule has 0 heterocycles. The molecule has 2 aromatic rings. The van der Waals surface area contributed by atoms with Crippen LogP contribution in [0.4, 0.5) is 0 Å². The minimum absolute atomic E-state index is 0.543. The molecule has 32 heavy (non-hydrogen) atoms. The van der Waals surface area contributed by atoms with E-state index in [2.05, 4.69) is 31.2 Å². The van der Waals surface area contributed by atoms with Crippen LogP contribution in [-0.4, -0.2) is 27.4 Å². The van der Waals surface area contributed by atoms with E-state index in [-0.39, 0.29) is 0 Å². The fourth-order valence-electron chi connectivity index (χ4n) is 3.97. The Morgan fingerprint density at radius 3 is 1.91 bits per heavy atom. The number of hydrogen-bond donors (Lipinski definition) is 0. The first-order valence-electron chi connectivity index (χ1n) is 11.5. The molecule has 2 aromatic carbocycles. The Kier molecular flexibility index (Phi) is 9.86. The molecule has 0 aromatic heterocycles. The lowest BCUT2D eigenvalue weighted by atomic mass is 9.95. The van der Waals surface area contributed by atoms with Gasteiger partial charge in [0.2, 0.25) is 0 Å². The number of hydrogen-bond acceptors (Lipinski definition) is 4. The van der Waals surface area contributed by atoms with Gasteiger partial charge < -0.3 is 18.9 Å². The second-order valence-electron chi connectivity index (χ2n) is 8.28. The van der Waals surface area contributed by atoms with E-state index in [0.29, 0.717) is 19.1 Å². The van der Waals surface area contributed by atoms with Gasteiger partial charge in [-0.3, -0.25) is 0 Å². The second-order valence-corrected chi connectivity index (χ2v) is 8.28. The lowest BCUT2D eigenvalue weighted by Crippen LogP contribution is -2.04. The Hall–Kier alpha value is -2.56. The van der Waals surface area contributed by atoms with Crippen LogP contribution in [0.25, 0.3) is 0 Å². The minimum atomic E-state index is 0.543. The van der Waals surface area contributed by atoms with Crippen LogP contribution in [0.1, 0.15) is 43.7 Å². The van der Waals surface area contributed by atoms with Gasteiger partial charge in [-0.25, -0.2) is 0 Å². The Morgan fingerprint density at radius 2 is 1.41 bits per heavy atom. The maximum absolute atomic E-state index is 5.97. The van der Waals surface area contributed by atoms with Crippen LogP contribution in [0.15, 0.2) is 71.8 Å². The first-order valence-corrected chi connectivity index (χ1v) is 11.5. The van der Waals surface area contributed by atoms with Crippen molar-refractivity contribution in [2.45, 2.75) is 45.8 Å². The number of ether oxygens (including phenoxy) is 4. The van der Waals surface area contributed by atoms with Crippen LogP contribution in [0.5, 0.6) is 11.5 Å². The van der Waals surface area contributed by atoms with Gasteiger partial charge in [-0.05, 0) is 73.9 Å². The molecule has 0 saturated carbocycles. The van der Waals surface area contributed by atoms with Crippen molar-refractivity contribution in [3.8, 4) is 11.5 Å². The molecule has 1 atom stereocenters. The number of rotatable bonds is 13. The maximum Gasteiger partial charge on any atom is 0.118 e. The molecular formula is C28H36O4. The van der Waals surface area contributed by atoms with E-state index in [1.165, 1.54) is 29.6 Å². The molecule has 4 nitrogen and oxygen atoms in total. The largest absolute Gasteiger partial charge is 0.497 e. The van der Waals surface area contributed by atoms with E-state index < -0.39 is 0 Å². The van der Waals surface area contributed by atoms with Gasteiger partial charge in [-0.2, -0.15) is 0 Å². The average molecular weight is 437 g/mol. The molecule has 0 amide bonds. The van der Waals surface area contributed by atoms with Gasteiger partial charge in [0.25, 0.3) is 0 Å². The highest BCUT2D eigenvalue weighted by atomic mass is 16.5. The van der Waals surface area contributed by atoms with Crippen LogP contribution < -0.4 is 9.47 Å². The fraction of sp³-hybridized carbons (Fsp3) is 0.429. The highest BCUT2D eigenvalue weighted by molar-refractivity contribution is 5.27. The van der Waals surface area contributed by atoms with Crippen molar-refractivity contribution in [2.75, 3.05) is 27.4 Å². The summed E-state index contributed by atoms with van der Waals surface area (Å²) in [5.74, 6) is 2.29. The third-order valence-corrected chi connectivity index (χ3v) is 5.87. The molecule has 3 rings (SSSR count). The van der Waals surface area contributed by atoms with Crippen LogP contribution in [0.3, 0.4) is 0 Å². The van der Waals surface area contributed by atoms with Gasteiger partial charge in [-0.1, -0.05) is 47.6 Å². The van der Waals surface area contributed by atoms with Gasteiger partial charge in [0, 0.05) is 0 Å². The van der Waals surface area contributed by atoms with Crippen molar-refractivity contribution >= 4 is 0 Å². The number of methoxy groups -OCH3 is 2. The first-order chi connectivity index (χ1) is 15.7. The summed E-state index contributed by atoms with van der Waals surface area (Å²) in [7, 11) is 3.36. The summed E-state index contributed by atoms with van der Waals surface area (Å²) in [5.41, 5.74) is 5.30. The zero-order valence-electron chi connectivity index (χ0n) is 19.6. The molecule has 4 heteroatoms. The average Bonchev–Trinajstić information content (AvgIpc) is 3.27. The Balaban J connectivity index is 1.43. The molecule has 172 valence electrons. The molecule has 0 spiro atoms. The van der Waals surface area contributed by atoms with E-state index >= 15 is 0 Å². The highest BCUT2D eigenvalue weighted by Gasteiger charge is 2.17. The molecule has 0 N–H and O–H groups in total. The monoisotopic (exact) mass is 436 g/mol. The van der Waals surface area contributed by atoms with Crippen molar-refractivity contribution in [3.63, 3.8) is 0 Å². The van der Waals surface area contributed by atoms with Crippen LogP contribution in [0, 0.1) is 5.92 Å². The third kappa shape index (κ3) is 7.85. The lowest BCUT2D eigenvalue weighted by molar-refractivity contribution is 0.121. The normalized spacial score (nSPS) is 16.2. The standard InChI is InChI=1S/C28H36O4/c1-22-6-11-26(19-22)25(16-18-32-21-24-9-14-28(30-3)15-10-24)5-4-17-31-20-23-7-12-27(29-2)13-8-23/h5,7-10,12-15,19,26H,4,6,11,16-18,20-21H2,1-3H3/b25-5-. The van der Waals surface area contributed by atoms with E-state index in [9.17, 15) is 0 Å². The molecule has 0 bridgehead atoms. The third-order valence-electron chi connectivity index (χ3n) is 5.87. The van der Waals surface area contributed by atoms with Gasteiger partial charge in [0.1, 0.15) is 11.5 Å². The number of allylic oxidation sites excluding steroid dienone is 2. The minimum Gasteiger partial charge on any atom is -0.497 e. The quantitative estimate of drug-likeness (QED) is 0.265. The summed E-state index contributed by atoms with van der Waals surface area (Å²) < 4.78 is 22.3. The fourth-order valence-corrected chi connectivity index (χ4v) is 3.97. The van der Waals surface area contributed by atoms with E-state index in [1.807, 2.05) is 36.4 Å². The summed E-state index contributed by atoms with van der Waals surface area (Å²) in [6, 6.07) is 16.1. The molecule has 1 unspecified atom stereocenters. The van der Waals surface area contributed by atoms with Crippen LogP contribution >= 0.6 is 0 Å². The van der Waals surface area contributed by atoms with Crippen molar-refractivity contribution in [1.82, 2.24) is 0 Å².